The maximum Gasteiger partial charge on any atom is 0.337 e. The Kier molecular flexibility index (Phi) is 6.33. The van der Waals surface area contributed by atoms with Gasteiger partial charge in [-0.3, -0.25) is 14.4 Å². The maximum atomic E-state index is 14.3. The third-order valence-corrected chi connectivity index (χ3v) is 5.82. The summed E-state index contributed by atoms with van der Waals surface area (Å²) in [4.78, 5) is 58.1. The van der Waals surface area contributed by atoms with Gasteiger partial charge in [0.15, 0.2) is 11.2 Å². The average molecular weight is 483 g/mol. The zero-order valence-corrected chi connectivity index (χ0v) is 19.6. The lowest BCUT2D eigenvalue weighted by atomic mass is 9.74. The number of ether oxygens (including phenoxy) is 3. The van der Waals surface area contributed by atoms with Crippen molar-refractivity contribution in [3.63, 3.8) is 0 Å². The van der Waals surface area contributed by atoms with E-state index < -0.39 is 42.2 Å². The molecule has 35 heavy (non-hydrogen) atoms. The smallest absolute Gasteiger partial charge is 0.337 e. The Morgan fingerprint density at radius 1 is 1.03 bits per heavy atom. The number of anilines is 1. The van der Waals surface area contributed by atoms with Crippen LogP contribution in [0, 0.1) is 0 Å². The van der Waals surface area contributed by atoms with Crippen LogP contribution in [0.2, 0.25) is 0 Å². The number of hydrogen-bond donors (Lipinski definition) is 1. The molecule has 0 saturated heterocycles. The van der Waals surface area contributed by atoms with E-state index in [4.69, 9.17) is 24.4 Å². The second kappa shape index (κ2) is 9.24. The predicted molar refractivity (Wildman–Crippen MR) is 120 cm³/mol. The predicted octanol–water partition coefficient (Wildman–Crippen LogP) is 1.70. The van der Waals surface area contributed by atoms with Gasteiger partial charge in [-0.1, -0.05) is 24.3 Å². The number of esters is 3. The van der Waals surface area contributed by atoms with Crippen LogP contribution in [0.1, 0.15) is 38.4 Å². The van der Waals surface area contributed by atoms with Gasteiger partial charge in [0.25, 0.3) is 6.01 Å². The molecule has 2 aliphatic rings. The molecule has 1 aliphatic carbocycles. The highest BCUT2D eigenvalue weighted by Crippen LogP contribution is 2.58. The van der Waals surface area contributed by atoms with Crippen LogP contribution in [0.3, 0.4) is 0 Å². The molecule has 1 spiro atoms. The maximum absolute atomic E-state index is 14.3. The summed E-state index contributed by atoms with van der Waals surface area (Å²) >= 11 is 0. The quantitative estimate of drug-likeness (QED) is 0.434. The molecule has 11 heteroatoms. The first kappa shape index (κ1) is 24.0. The van der Waals surface area contributed by atoms with E-state index in [9.17, 15) is 19.2 Å². The molecule has 0 saturated carbocycles. The molecule has 1 aromatic heterocycles. The van der Waals surface area contributed by atoms with Gasteiger partial charge < -0.3 is 29.3 Å². The van der Waals surface area contributed by atoms with Crippen molar-refractivity contribution < 1.29 is 37.8 Å². The van der Waals surface area contributed by atoms with E-state index >= 15 is 0 Å². The van der Waals surface area contributed by atoms with Crippen LogP contribution in [0.25, 0.3) is 11.3 Å². The Bertz CT molecular complexity index is 1250. The summed E-state index contributed by atoms with van der Waals surface area (Å²) in [5.41, 5.74) is 4.87. The molecule has 2 aromatic rings. The zero-order chi connectivity index (χ0) is 25.3. The van der Waals surface area contributed by atoms with Gasteiger partial charge in [-0.05, 0) is 26.3 Å². The molecule has 0 unspecified atom stereocenters. The van der Waals surface area contributed by atoms with E-state index in [1.54, 1.807) is 45.0 Å². The zero-order valence-electron chi connectivity index (χ0n) is 19.6. The molecule has 1 amide bonds. The third-order valence-electron chi connectivity index (χ3n) is 5.82. The molecule has 2 N–H and O–H groups in total. The third kappa shape index (κ3) is 3.63. The molecule has 4 rings (SSSR count). The van der Waals surface area contributed by atoms with Crippen molar-refractivity contribution in [3.05, 3.63) is 46.8 Å². The first-order valence-corrected chi connectivity index (χ1v) is 11.2. The molecular formula is C24H25N3O8. The Balaban J connectivity index is 2.03. The number of aromatic nitrogens is 1. The molecule has 0 bridgehead atoms. The summed E-state index contributed by atoms with van der Waals surface area (Å²) in [5.74, 6) is -2.69. The van der Waals surface area contributed by atoms with E-state index in [1.165, 1.54) is 0 Å². The van der Waals surface area contributed by atoms with Gasteiger partial charge in [-0.2, -0.15) is 4.98 Å². The normalized spacial score (nSPS) is 18.0. The SMILES string of the molecule is CCOC(=O)CC1=C(C(=O)OCC)[C@@]2(C(=O)N1CC(=O)OCC)c1ccccc1-c1oc(N)nc12. The van der Waals surface area contributed by atoms with E-state index in [0.717, 1.165) is 4.90 Å². The highest BCUT2D eigenvalue weighted by molar-refractivity contribution is 6.15. The fraction of sp³-hybridized carbons (Fsp3) is 0.375. The molecule has 2 heterocycles. The molecule has 11 nitrogen and oxygen atoms in total. The molecule has 1 atom stereocenters. The summed E-state index contributed by atoms with van der Waals surface area (Å²) in [6.45, 7) is 4.52. The van der Waals surface area contributed by atoms with E-state index in [-0.39, 0.29) is 48.6 Å². The lowest BCUT2D eigenvalue weighted by Gasteiger charge is -2.26. The fourth-order valence-electron chi connectivity index (χ4n) is 4.67. The number of rotatable bonds is 8. The average Bonchev–Trinajstić information content (AvgIpc) is 3.39. The van der Waals surface area contributed by atoms with Crippen LogP contribution in [-0.2, 0) is 38.8 Å². The first-order valence-electron chi connectivity index (χ1n) is 11.2. The Hall–Kier alpha value is -4.15. The van der Waals surface area contributed by atoms with Gasteiger partial charge >= 0.3 is 17.9 Å². The summed E-state index contributed by atoms with van der Waals surface area (Å²) in [7, 11) is 0. The standard InChI is InChI=1S/C24H25N3O8/c1-4-32-16(28)11-15-18(21(30)34-6-3)24(22(31)27(15)12-17(29)33-5-2)14-10-8-7-9-13(14)19-20(24)26-23(25)35-19/h7-10H,4-6,11-12H2,1-3H3,(H2,25,26)/t24-/m0/s1. The van der Waals surface area contributed by atoms with Gasteiger partial charge in [-0.25, -0.2) is 4.79 Å². The molecule has 0 radical (unpaired) electrons. The van der Waals surface area contributed by atoms with Crippen LogP contribution < -0.4 is 5.73 Å². The second-order valence-corrected chi connectivity index (χ2v) is 7.75. The van der Waals surface area contributed by atoms with Gasteiger partial charge in [0.05, 0.1) is 31.8 Å². The van der Waals surface area contributed by atoms with E-state index in [0.29, 0.717) is 11.1 Å². The Morgan fingerprint density at radius 3 is 2.37 bits per heavy atom. The number of carbonyl (C=O) groups is 4. The summed E-state index contributed by atoms with van der Waals surface area (Å²) in [6.07, 6.45) is -0.459. The minimum absolute atomic E-state index is 0.00657. The highest BCUT2D eigenvalue weighted by Gasteiger charge is 2.64. The number of carbonyl (C=O) groups excluding carboxylic acids is 4. The largest absolute Gasteiger partial charge is 0.466 e. The number of fused-ring (bicyclic) bond motifs is 5. The van der Waals surface area contributed by atoms with Crippen LogP contribution >= 0.6 is 0 Å². The van der Waals surface area contributed by atoms with Crippen molar-refractivity contribution in [2.45, 2.75) is 32.6 Å². The van der Waals surface area contributed by atoms with E-state index in [1.807, 2.05) is 0 Å². The number of hydrogen-bond acceptors (Lipinski definition) is 10. The Labute approximate surface area is 200 Å². The van der Waals surface area contributed by atoms with Crippen LogP contribution in [0.4, 0.5) is 6.01 Å². The van der Waals surface area contributed by atoms with Crippen molar-refractivity contribution in [3.8, 4) is 11.3 Å². The van der Waals surface area contributed by atoms with Crippen LogP contribution in [-0.4, -0.2) is 60.1 Å². The van der Waals surface area contributed by atoms with Crippen LogP contribution in [0.15, 0.2) is 40.0 Å². The van der Waals surface area contributed by atoms with Gasteiger partial charge in [0.2, 0.25) is 5.91 Å². The van der Waals surface area contributed by atoms with Gasteiger partial charge in [0.1, 0.15) is 12.2 Å². The Morgan fingerprint density at radius 2 is 1.69 bits per heavy atom. The number of nitrogens with two attached hydrogens (primary N) is 1. The summed E-state index contributed by atoms with van der Waals surface area (Å²) in [5, 5.41) is 0. The first-order chi connectivity index (χ1) is 16.8. The molecule has 0 fully saturated rings. The second-order valence-electron chi connectivity index (χ2n) is 7.75. The topological polar surface area (TPSA) is 151 Å². The van der Waals surface area contributed by atoms with Crippen molar-refractivity contribution in [1.29, 1.82) is 0 Å². The van der Waals surface area contributed by atoms with Crippen LogP contribution in [0.5, 0.6) is 0 Å². The fourth-order valence-corrected chi connectivity index (χ4v) is 4.67. The summed E-state index contributed by atoms with van der Waals surface area (Å²) in [6, 6.07) is 6.61. The minimum Gasteiger partial charge on any atom is -0.466 e. The molecule has 1 aromatic carbocycles. The number of amides is 1. The molecular weight excluding hydrogens is 458 g/mol. The van der Waals surface area contributed by atoms with Crippen molar-refractivity contribution in [2.24, 2.45) is 0 Å². The van der Waals surface area contributed by atoms with Gasteiger partial charge in [-0.15, -0.1) is 0 Å². The van der Waals surface area contributed by atoms with Crippen molar-refractivity contribution >= 4 is 29.8 Å². The highest BCUT2D eigenvalue weighted by atomic mass is 16.5. The number of benzene rings is 1. The molecule has 184 valence electrons. The van der Waals surface area contributed by atoms with Crippen molar-refractivity contribution in [2.75, 3.05) is 32.1 Å². The number of nitrogen functional groups attached to an aromatic ring is 1. The van der Waals surface area contributed by atoms with E-state index in [2.05, 4.69) is 4.98 Å². The molecule has 1 aliphatic heterocycles. The lowest BCUT2D eigenvalue weighted by molar-refractivity contribution is -0.149. The monoisotopic (exact) mass is 483 g/mol. The summed E-state index contributed by atoms with van der Waals surface area (Å²) < 4.78 is 21.1. The number of nitrogens with zero attached hydrogens (tertiary/aromatic N) is 2. The van der Waals surface area contributed by atoms with Gasteiger partial charge in [0, 0.05) is 11.3 Å². The number of oxazole rings is 1. The minimum atomic E-state index is -1.83. The lowest BCUT2D eigenvalue weighted by Crippen LogP contribution is -2.44. The van der Waals surface area contributed by atoms with Crippen molar-refractivity contribution in [1.82, 2.24) is 9.88 Å².